The Kier molecular flexibility index (Phi) is 3.94. The Hall–Kier alpha value is -1.05. The van der Waals surface area contributed by atoms with Gasteiger partial charge in [-0.2, -0.15) is 4.31 Å². The number of hydrogen-bond donors (Lipinski definition) is 1. The Morgan fingerprint density at radius 2 is 2.28 bits per heavy atom. The van der Waals surface area contributed by atoms with E-state index in [-0.39, 0.29) is 4.90 Å². The second-order valence-electron chi connectivity index (χ2n) is 4.43. The molecule has 1 fully saturated rings. The number of hydrogen-bond acceptors (Lipinski definition) is 4. The van der Waals surface area contributed by atoms with E-state index in [1.807, 2.05) is 0 Å². The zero-order chi connectivity index (χ0) is 13.2. The van der Waals surface area contributed by atoms with Crippen molar-refractivity contribution in [3.8, 4) is 0 Å². The molecule has 1 aromatic heterocycles. The molecule has 2 N–H and O–H groups in total. The van der Waals surface area contributed by atoms with Crippen molar-refractivity contribution in [1.29, 1.82) is 0 Å². The van der Waals surface area contributed by atoms with E-state index in [1.54, 1.807) is 0 Å². The Labute approximate surface area is 106 Å². The fourth-order valence-electron chi connectivity index (χ4n) is 2.17. The summed E-state index contributed by atoms with van der Waals surface area (Å²) in [4.78, 5) is 3.49. The van der Waals surface area contributed by atoms with Crippen molar-refractivity contribution in [2.24, 2.45) is 11.7 Å². The highest BCUT2D eigenvalue weighted by Gasteiger charge is 2.32. The molecule has 0 radical (unpaired) electrons. The number of nitrogens with zero attached hydrogens (tertiary/aromatic N) is 2. The van der Waals surface area contributed by atoms with Crippen LogP contribution in [0.4, 0.5) is 4.39 Å². The van der Waals surface area contributed by atoms with Gasteiger partial charge in [-0.05, 0) is 31.4 Å². The lowest BCUT2D eigenvalue weighted by atomic mass is 10.1. The lowest BCUT2D eigenvalue weighted by Crippen LogP contribution is -2.29. The van der Waals surface area contributed by atoms with Crippen LogP contribution in [-0.4, -0.2) is 37.3 Å². The van der Waals surface area contributed by atoms with Crippen molar-refractivity contribution >= 4 is 10.0 Å². The van der Waals surface area contributed by atoms with Crippen LogP contribution in [-0.2, 0) is 10.0 Å². The zero-order valence-corrected chi connectivity index (χ0v) is 10.7. The molecule has 0 spiro atoms. The highest BCUT2D eigenvalue weighted by atomic mass is 32.2. The van der Waals surface area contributed by atoms with Gasteiger partial charge in [-0.3, -0.25) is 4.98 Å². The molecule has 1 aromatic rings. The number of halogens is 1. The molecule has 0 aromatic carbocycles. The third kappa shape index (κ3) is 2.68. The average molecular weight is 273 g/mol. The van der Waals surface area contributed by atoms with Crippen LogP contribution in [0.2, 0.25) is 0 Å². The SMILES string of the molecule is NCCC1CCN(S(=O)(=O)c2cncc(F)c2)C1. The van der Waals surface area contributed by atoms with E-state index in [1.165, 1.54) is 10.5 Å². The maximum atomic E-state index is 13.0. The van der Waals surface area contributed by atoms with Crippen LogP contribution >= 0.6 is 0 Å². The molecule has 1 saturated heterocycles. The van der Waals surface area contributed by atoms with E-state index in [0.717, 1.165) is 25.1 Å². The van der Waals surface area contributed by atoms with Gasteiger partial charge in [0, 0.05) is 19.3 Å². The Balaban J connectivity index is 2.18. The summed E-state index contributed by atoms with van der Waals surface area (Å²) in [6, 6.07) is 0.999. The monoisotopic (exact) mass is 273 g/mol. The first-order chi connectivity index (χ1) is 8.54. The van der Waals surface area contributed by atoms with E-state index in [4.69, 9.17) is 5.73 Å². The minimum atomic E-state index is -3.62. The topological polar surface area (TPSA) is 76.3 Å². The van der Waals surface area contributed by atoms with Gasteiger partial charge >= 0.3 is 0 Å². The molecule has 1 aliphatic heterocycles. The highest BCUT2D eigenvalue weighted by Crippen LogP contribution is 2.25. The average Bonchev–Trinajstić information content (AvgIpc) is 2.79. The van der Waals surface area contributed by atoms with Crippen molar-refractivity contribution in [2.75, 3.05) is 19.6 Å². The third-order valence-corrected chi connectivity index (χ3v) is 4.97. The van der Waals surface area contributed by atoms with Gasteiger partial charge in [0.05, 0.1) is 6.20 Å². The fraction of sp³-hybridized carbons (Fsp3) is 0.545. The van der Waals surface area contributed by atoms with Crippen LogP contribution < -0.4 is 5.73 Å². The number of sulfonamides is 1. The van der Waals surface area contributed by atoms with Crippen molar-refractivity contribution in [3.05, 3.63) is 24.3 Å². The Morgan fingerprint density at radius 1 is 1.50 bits per heavy atom. The standard InChI is InChI=1S/C11H16FN3O2S/c12-10-5-11(7-14-6-10)18(16,17)15-4-2-9(8-15)1-3-13/h5-7,9H,1-4,8,13H2. The van der Waals surface area contributed by atoms with Gasteiger partial charge in [0.1, 0.15) is 10.7 Å². The molecule has 5 nitrogen and oxygen atoms in total. The van der Waals surface area contributed by atoms with E-state index >= 15 is 0 Å². The van der Waals surface area contributed by atoms with Crippen LogP contribution in [0.5, 0.6) is 0 Å². The van der Waals surface area contributed by atoms with Gasteiger partial charge < -0.3 is 5.73 Å². The normalized spacial score (nSPS) is 21.3. The molecule has 7 heteroatoms. The molecule has 0 aliphatic carbocycles. The summed E-state index contributed by atoms with van der Waals surface area (Å²) >= 11 is 0. The molecule has 1 atom stereocenters. The van der Waals surface area contributed by atoms with Crippen LogP contribution in [0.15, 0.2) is 23.4 Å². The maximum absolute atomic E-state index is 13.0. The number of pyridine rings is 1. The second kappa shape index (κ2) is 5.29. The molecule has 0 amide bonds. The van der Waals surface area contributed by atoms with E-state index in [9.17, 15) is 12.8 Å². The molecule has 2 rings (SSSR count). The van der Waals surface area contributed by atoms with Gasteiger partial charge in [0.25, 0.3) is 0 Å². The molecule has 0 saturated carbocycles. The summed E-state index contributed by atoms with van der Waals surface area (Å²) < 4.78 is 38.8. The number of rotatable bonds is 4. The van der Waals surface area contributed by atoms with E-state index < -0.39 is 15.8 Å². The van der Waals surface area contributed by atoms with Gasteiger partial charge in [-0.1, -0.05) is 0 Å². The van der Waals surface area contributed by atoms with E-state index in [0.29, 0.717) is 25.6 Å². The largest absolute Gasteiger partial charge is 0.330 e. The lowest BCUT2D eigenvalue weighted by molar-refractivity contribution is 0.448. The molecule has 2 heterocycles. The van der Waals surface area contributed by atoms with Crippen LogP contribution in [0.25, 0.3) is 0 Å². The van der Waals surface area contributed by atoms with Crippen LogP contribution in [0.3, 0.4) is 0 Å². The van der Waals surface area contributed by atoms with Gasteiger partial charge in [0.2, 0.25) is 10.0 Å². The molecular formula is C11H16FN3O2S. The van der Waals surface area contributed by atoms with Gasteiger partial charge in [-0.15, -0.1) is 0 Å². The molecule has 100 valence electrons. The molecule has 18 heavy (non-hydrogen) atoms. The minimum Gasteiger partial charge on any atom is -0.330 e. The first kappa shape index (κ1) is 13.4. The second-order valence-corrected chi connectivity index (χ2v) is 6.37. The molecule has 1 unspecified atom stereocenters. The maximum Gasteiger partial charge on any atom is 0.244 e. The summed E-state index contributed by atoms with van der Waals surface area (Å²) in [6.45, 7) is 1.47. The smallest absolute Gasteiger partial charge is 0.244 e. The number of aromatic nitrogens is 1. The lowest BCUT2D eigenvalue weighted by Gasteiger charge is -2.16. The number of nitrogens with two attached hydrogens (primary N) is 1. The predicted octanol–water partition coefficient (Wildman–Crippen LogP) is 0.580. The summed E-state index contributed by atoms with van der Waals surface area (Å²) in [7, 11) is -3.62. The minimum absolute atomic E-state index is 0.0871. The summed E-state index contributed by atoms with van der Waals surface area (Å²) in [5.41, 5.74) is 5.47. The quantitative estimate of drug-likeness (QED) is 0.870. The van der Waals surface area contributed by atoms with Gasteiger partial charge in [0.15, 0.2) is 0 Å². The van der Waals surface area contributed by atoms with Crippen molar-refractivity contribution in [2.45, 2.75) is 17.7 Å². The van der Waals surface area contributed by atoms with E-state index in [2.05, 4.69) is 4.98 Å². The Bertz CT molecular complexity index is 521. The molecular weight excluding hydrogens is 257 g/mol. The summed E-state index contributed by atoms with van der Waals surface area (Å²) in [5, 5.41) is 0. The zero-order valence-electron chi connectivity index (χ0n) is 9.92. The highest BCUT2D eigenvalue weighted by molar-refractivity contribution is 7.89. The molecule has 1 aliphatic rings. The summed E-state index contributed by atoms with van der Waals surface area (Å²) in [6.07, 6.45) is 3.78. The fourth-order valence-corrected chi connectivity index (χ4v) is 3.68. The third-order valence-electron chi connectivity index (χ3n) is 3.14. The van der Waals surface area contributed by atoms with Crippen LogP contribution in [0.1, 0.15) is 12.8 Å². The Morgan fingerprint density at radius 3 is 2.94 bits per heavy atom. The predicted molar refractivity (Wildman–Crippen MR) is 64.7 cm³/mol. The molecule has 0 bridgehead atoms. The first-order valence-corrected chi connectivity index (χ1v) is 7.29. The summed E-state index contributed by atoms with van der Waals surface area (Å²) in [5.74, 6) is -0.347. The van der Waals surface area contributed by atoms with Crippen molar-refractivity contribution in [1.82, 2.24) is 9.29 Å². The van der Waals surface area contributed by atoms with Gasteiger partial charge in [-0.25, -0.2) is 12.8 Å². The van der Waals surface area contributed by atoms with Crippen LogP contribution in [0, 0.1) is 11.7 Å². The first-order valence-electron chi connectivity index (χ1n) is 5.85. The van der Waals surface area contributed by atoms with Crippen molar-refractivity contribution in [3.63, 3.8) is 0 Å². The van der Waals surface area contributed by atoms with Crippen molar-refractivity contribution < 1.29 is 12.8 Å².